The van der Waals surface area contributed by atoms with Crippen molar-refractivity contribution in [1.29, 1.82) is 0 Å². The minimum atomic E-state index is 0.168. The fourth-order valence-corrected chi connectivity index (χ4v) is 2.98. The lowest BCUT2D eigenvalue weighted by Crippen LogP contribution is -2.24. The summed E-state index contributed by atoms with van der Waals surface area (Å²) in [6.07, 6.45) is 8.50. The van der Waals surface area contributed by atoms with E-state index in [4.69, 9.17) is 4.74 Å². The van der Waals surface area contributed by atoms with Gasteiger partial charge in [0.25, 0.3) is 0 Å². The van der Waals surface area contributed by atoms with E-state index in [2.05, 4.69) is 0 Å². The highest BCUT2D eigenvalue weighted by atomic mass is 16.5. The van der Waals surface area contributed by atoms with Gasteiger partial charge in [0.1, 0.15) is 5.78 Å². The first-order chi connectivity index (χ1) is 7.27. The lowest BCUT2D eigenvalue weighted by molar-refractivity contribution is -0.125. The molecule has 15 heavy (non-hydrogen) atoms. The van der Waals surface area contributed by atoms with Crippen molar-refractivity contribution in [3.05, 3.63) is 0 Å². The molecule has 0 radical (unpaired) electrons. The van der Waals surface area contributed by atoms with Crippen molar-refractivity contribution in [3.8, 4) is 0 Å². The zero-order valence-corrected chi connectivity index (χ0v) is 9.71. The second kappa shape index (κ2) is 5.11. The van der Waals surface area contributed by atoms with Gasteiger partial charge in [-0.1, -0.05) is 32.1 Å². The summed E-state index contributed by atoms with van der Waals surface area (Å²) in [6.45, 7) is 2.82. The highest BCUT2D eigenvalue weighted by molar-refractivity contribution is 5.82. The van der Waals surface area contributed by atoms with Crippen molar-refractivity contribution in [3.63, 3.8) is 0 Å². The molecular weight excluding hydrogens is 188 g/mol. The van der Waals surface area contributed by atoms with E-state index in [9.17, 15) is 4.79 Å². The summed E-state index contributed by atoms with van der Waals surface area (Å²) < 4.78 is 5.45. The van der Waals surface area contributed by atoms with Crippen LogP contribution in [0.4, 0.5) is 0 Å². The molecule has 2 atom stereocenters. The maximum atomic E-state index is 12.0. The minimum absolute atomic E-state index is 0.168. The van der Waals surface area contributed by atoms with Gasteiger partial charge in [0.15, 0.2) is 0 Å². The van der Waals surface area contributed by atoms with Crippen molar-refractivity contribution in [2.75, 3.05) is 6.61 Å². The van der Waals surface area contributed by atoms with E-state index in [1.165, 1.54) is 32.1 Å². The number of carbonyl (C=O) groups excluding carboxylic acids is 1. The van der Waals surface area contributed by atoms with Gasteiger partial charge < -0.3 is 4.74 Å². The number of hydrogen-bond donors (Lipinski definition) is 0. The number of carbonyl (C=O) groups is 1. The van der Waals surface area contributed by atoms with Gasteiger partial charge in [0.05, 0.1) is 6.10 Å². The van der Waals surface area contributed by atoms with Crippen LogP contribution in [0.2, 0.25) is 0 Å². The Labute approximate surface area is 92.4 Å². The third-order valence-electron chi connectivity index (χ3n) is 4.00. The molecule has 2 unspecified atom stereocenters. The molecule has 2 aliphatic rings. The molecule has 0 bridgehead atoms. The van der Waals surface area contributed by atoms with Gasteiger partial charge in [-0.25, -0.2) is 0 Å². The van der Waals surface area contributed by atoms with Crippen LogP contribution in [0.15, 0.2) is 0 Å². The lowest BCUT2D eigenvalue weighted by Gasteiger charge is -2.22. The van der Waals surface area contributed by atoms with Crippen molar-refractivity contribution < 1.29 is 9.53 Å². The van der Waals surface area contributed by atoms with E-state index in [1.807, 2.05) is 6.92 Å². The molecule has 1 aliphatic heterocycles. The van der Waals surface area contributed by atoms with Crippen LogP contribution in [-0.2, 0) is 9.53 Å². The van der Waals surface area contributed by atoms with Crippen LogP contribution >= 0.6 is 0 Å². The van der Waals surface area contributed by atoms with Crippen LogP contribution < -0.4 is 0 Å². The van der Waals surface area contributed by atoms with Crippen LogP contribution in [-0.4, -0.2) is 18.5 Å². The summed E-state index contributed by atoms with van der Waals surface area (Å²) in [6, 6.07) is 0. The smallest absolute Gasteiger partial charge is 0.138 e. The number of rotatable bonds is 3. The van der Waals surface area contributed by atoms with Gasteiger partial charge >= 0.3 is 0 Å². The molecule has 1 heterocycles. The zero-order valence-electron chi connectivity index (χ0n) is 9.71. The Morgan fingerprint density at radius 1 is 1.20 bits per heavy atom. The summed E-state index contributed by atoms with van der Waals surface area (Å²) in [5.74, 6) is 1.35. The average molecular weight is 210 g/mol. The zero-order chi connectivity index (χ0) is 10.7. The molecule has 1 saturated heterocycles. The first-order valence-corrected chi connectivity index (χ1v) is 6.41. The van der Waals surface area contributed by atoms with Crippen molar-refractivity contribution in [1.82, 2.24) is 0 Å². The Balaban J connectivity index is 1.80. The fourth-order valence-electron chi connectivity index (χ4n) is 2.98. The molecule has 0 aromatic heterocycles. The summed E-state index contributed by atoms with van der Waals surface area (Å²) in [4.78, 5) is 12.0. The molecule has 1 aliphatic carbocycles. The molecule has 2 heteroatoms. The maximum Gasteiger partial charge on any atom is 0.138 e. The molecule has 0 N–H and O–H groups in total. The van der Waals surface area contributed by atoms with Crippen LogP contribution in [0.1, 0.15) is 51.9 Å². The number of ketones is 1. The molecule has 86 valence electrons. The molecule has 1 saturated carbocycles. The number of ether oxygens (including phenoxy) is 1. The quantitative estimate of drug-likeness (QED) is 0.716. The van der Waals surface area contributed by atoms with E-state index in [0.29, 0.717) is 11.7 Å². The summed E-state index contributed by atoms with van der Waals surface area (Å²) >= 11 is 0. The Morgan fingerprint density at radius 2 is 1.93 bits per heavy atom. The highest BCUT2D eigenvalue weighted by Crippen LogP contribution is 2.30. The highest BCUT2D eigenvalue weighted by Gasteiger charge is 2.31. The van der Waals surface area contributed by atoms with E-state index in [1.54, 1.807) is 0 Å². The monoisotopic (exact) mass is 210 g/mol. The third kappa shape index (κ3) is 2.81. The second-order valence-electron chi connectivity index (χ2n) is 5.15. The summed E-state index contributed by atoms with van der Waals surface area (Å²) in [7, 11) is 0. The Bertz CT molecular complexity index is 219. The Hall–Kier alpha value is -0.370. The predicted molar refractivity (Wildman–Crippen MR) is 59.7 cm³/mol. The molecule has 0 spiro atoms. The van der Waals surface area contributed by atoms with Crippen LogP contribution in [0.25, 0.3) is 0 Å². The largest absolute Gasteiger partial charge is 0.378 e. The third-order valence-corrected chi connectivity index (χ3v) is 4.00. The van der Waals surface area contributed by atoms with Crippen LogP contribution in [0.5, 0.6) is 0 Å². The van der Waals surface area contributed by atoms with Crippen molar-refractivity contribution >= 4 is 5.78 Å². The average Bonchev–Trinajstić information content (AvgIpc) is 2.66. The molecule has 2 rings (SSSR count). The SMILES string of the molecule is CC1OCCC1C(=O)CC1CCCCC1. The molecular formula is C13H22O2. The normalized spacial score (nSPS) is 33.1. The fraction of sp³-hybridized carbons (Fsp3) is 0.923. The Kier molecular flexibility index (Phi) is 3.79. The van der Waals surface area contributed by atoms with E-state index in [-0.39, 0.29) is 12.0 Å². The second-order valence-corrected chi connectivity index (χ2v) is 5.15. The van der Waals surface area contributed by atoms with Gasteiger partial charge in [0.2, 0.25) is 0 Å². The van der Waals surface area contributed by atoms with Crippen LogP contribution in [0, 0.1) is 11.8 Å². The summed E-state index contributed by atoms with van der Waals surface area (Å²) in [5.41, 5.74) is 0. The molecule has 2 fully saturated rings. The van der Waals surface area contributed by atoms with Gasteiger partial charge in [0, 0.05) is 18.9 Å². The number of hydrogen-bond acceptors (Lipinski definition) is 2. The minimum Gasteiger partial charge on any atom is -0.378 e. The standard InChI is InChI=1S/C13H22O2/c1-10-12(7-8-15-10)13(14)9-11-5-3-2-4-6-11/h10-12H,2-9H2,1H3. The number of Topliss-reactive ketones (excluding diaryl/α,β-unsaturated/α-hetero) is 1. The van der Waals surface area contributed by atoms with Gasteiger partial charge in [-0.15, -0.1) is 0 Å². The van der Waals surface area contributed by atoms with Gasteiger partial charge in [-0.3, -0.25) is 4.79 Å². The van der Waals surface area contributed by atoms with Crippen molar-refractivity contribution in [2.45, 2.75) is 58.0 Å². The maximum absolute atomic E-state index is 12.0. The first-order valence-electron chi connectivity index (χ1n) is 6.41. The molecule has 0 amide bonds. The lowest BCUT2D eigenvalue weighted by atomic mass is 9.82. The Morgan fingerprint density at radius 3 is 2.53 bits per heavy atom. The topological polar surface area (TPSA) is 26.3 Å². The summed E-state index contributed by atoms with van der Waals surface area (Å²) in [5, 5.41) is 0. The van der Waals surface area contributed by atoms with Gasteiger partial charge in [-0.2, -0.15) is 0 Å². The molecule has 2 nitrogen and oxygen atoms in total. The van der Waals surface area contributed by atoms with E-state index >= 15 is 0 Å². The predicted octanol–water partition coefficient (Wildman–Crippen LogP) is 2.95. The van der Waals surface area contributed by atoms with E-state index < -0.39 is 0 Å². The molecule has 0 aromatic carbocycles. The van der Waals surface area contributed by atoms with Crippen LogP contribution in [0.3, 0.4) is 0 Å². The van der Waals surface area contributed by atoms with E-state index in [0.717, 1.165) is 19.4 Å². The van der Waals surface area contributed by atoms with Gasteiger partial charge in [-0.05, 0) is 19.3 Å². The van der Waals surface area contributed by atoms with Crippen molar-refractivity contribution in [2.24, 2.45) is 11.8 Å². The first kappa shape index (κ1) is 11.1. The molecule has 0 aromatic rings.